The minimum Gasteiger partial charge on any atom is -0.507 e. The Balaban J connectivity index is 2.11. The molecule has 9 heteroatoms. The SMILES string of the molecule is CCOC(=O)C(=O)/C=C(\O)c1cn(Cc2cc(F)c(F)c(F)c2)c2cccc(OC)c12. The van der Waals surface area contributed by atoms with Crippen molar-refractivity contribution in [3.8, 4) is 5.75 Å². The summed E-state index contributed by atoms with van der Waals surface area (Å²) in [5.74, 6) is -6.57. The number of methoxy groups -OCH3 is 1. The van der Waals surface area contributed by atoms with Crippen LogP contribution in [0.25, 0.3) is 16.7 Å². The maximum atomic E-state index is 13.6. The first-order valence-corrected chi connectivity index (χ1v) is 9.18. The van der Waals surface area contributed by atoms with E-state index in [0.29, 0.717) is 16.7 Å². The van der Waals surface area contributed by atoms with Crippen LogP contribution in [0.4, 0.5) is 13.2 Å². The average Bonchev–Trinajstić information content (AvgIpc) is 3.10. The van der Waals surface area contributed by atoms with E-state index >= 15 is 0 Å². The van der Waals surface area contributed by atoms with Gasteiger partial charge in [-0.1, -0.05) is 6.07 Å². The molecule has 0 spiro atoms. The highest BCUT2D eigenvalue weighted by atomic mass is 19.2. The van der Waals surface area contributed by atoms with Crippen molar-refractivity contribution in [1.82, 2.24) is 4.57 Å². The van der Waals surface area contributed by atoms with E-state index in [9.17, 15) is 27.9 Å². The predicted octanol–water partition coefficient (Wildman–Crippen LogP) is 4.15. The van der Waals surface area contributed by atoms with Crippen LogP contribution in [-0.2, 0) is 20.9 Å². The fourth-order valence-electron chi connectivity index (χ4n) is 3.17. The van der Waals surface area contributed by atoms with Gasteiger partial charge in [0.2, 0.25) is 0 Å². The molecule has 0 unspecified atom stereocenters. The number of esters is 1. The Hall–Kier alpha value is -3.75. The molecular weight excluding hydrogens is 415 g/mol. The Labute approximate surface area is 175 Å². The predicted molar refractivity (Wildman–Crippen MR) is 106 cm³/mol. The normalized spacial score (nSPS) is 11.6. The topological polar surface area (TPSA) is 77.8 Å². The standard InChI is InChI=1S/C22H18F3NO5/c1-3-31-22(29)18(28)9-17(27)13-11-26(16-5-4-6-19(30-2)20(13)16)10-12-7-14(23)21(25)15(24)8-12/h4-9,11,27H,3,10H2,1-2H3/b17-9-. The third-order valence-electron chi connectivity index (χ3n) is 4.50. The van der Waals surface area contributed by atoms with Crippen molar-refractivity contribution in [3.05, 3.63) is 71.2 Å². The molecule has 0 aliphatic heterocycles. The first-order valence-electron chi connectivity index (χ1n) is 9.18. The number of hydrogen-bond donors (Lipinski definition) is 1. The van der Waals surface area contributed by atoms with Gasteiger partial charge >= 0.3 is 5.97 Å². The zero-order valence-electron chi connectivity index (χ0n) is 16.6. The number of nitrogens with zero attached hydrogens (tertiary/aromatic N) is 1. The van der Waals surface area contributed by atoms with E-state index in [1.807, 2.05) is 0 Å². The van der Waals surface area contributed by atoms with E-state index in [1.54, 1.807) is 18.2 Å². The number of aliphatic hydroxyl groups excluding tert-OH is 1. The van der Waals surface area contributed by atoms with Crippen molar-refractivity contribution >= 4 is 28.4 Å². The number of carbonyl (C=O) groups excluding carboxylic acids is 2. The summed E-state index contributed by atoms with van der Waals surface area (Å²) in [7, 11) is 1.41. The van der Waals surface area contributed by atoms with Gasteiger partial charge in [-0.3, -0.25) is 4.79 Å². The highest BCUT2D eigenvalue weighted by Crippen LogP contribution is 2.34. The van der Waals surface area contributed by atoms with Crippen LogP contribution in [-0.4, -0.2) is 35.1 Å². The third-order valence-corrected chi connectivity index (χ3v) is 4.50. The minimum atomic E-state index is -1.57. The van der Waals surface area contributed by atoms with E-state index in [-0.39, 0.29) is 24.3 Å². The van der Waals surface area contributed by atoms with Gasteiger partial charge in [0.15, 0.2) is 17.5 Å². The Morgan fingerprint density at radius 3 is 2.45 bits per heavy atom. The number of ketones is 1. The summed E-state index contributed by atoms with van der Waals surface area (Å²) >= 11 is 0. The molecule has 1 heterocycles. The van der Waals surface area contributed by atoms with Gasteiger partial charge in [-0.25, -0.2) is 18.0 Å². The summed E-state index contributed by atoms with van der Waals surface area (Å²) in [6.45, 7) is 1.46. The number of hydrogen-bond acceptors (Lipinski definition) is 5. The summed E-state index contributed by atoms with van der Waals surface area (Å²) < 4.78 is 52.0. The number of aliphatic hydroxyl groups is 1. The van der Waals surface area contributed by atoms with Crippen LogP contribution in [0.2, 0.25) is 0 Å². The molecule has 6 nitrogen and oxygen atoms in total. The molecule has 0 atom stereocenters. The van der Waals surface area contributed by atoms with Crippen LogP contribution < -0.4 is 4.74 Å². The molecule has 1 aromatic heterocycles. The summed E-state index contributed by atoms with van der Waals surface area (Å²) in [5.41, 5.74) is 0.782. The average molecular weight is 433 g/mol. The molecule has 0 aliphatic carbocycles. The van der Waals surface area contributed by atoms with Crippen molar-refractivity contribution in [1.29, 1.82) is 0 Å². The lowest BCUT2D eigenvalue weighted by Crippen LogP contribution is -2.15. The van der Waals surface area contributed by atoms with Crippen LogP contribution in [0.15, 0.2) is 42.6 Å². The lowest BCUT2D eigenvalue weighted by atomic mass is 10.1. The fourth-order valence-corrected chi connectivity index (χ4v) is 3.17. The molecule has 0 fully saturated rings. The summed E-state index contributed by atoms with van der Waals surface area (Å²) in [6.07, 6.45) is 2.15. The van der Waals surface area contributed by atoms with E-state index in [2.05, 4.69) is 4.74 Å². The molecule has 0 saturated heterocycles. The molecule has 0 aliphatic rings. The Morgan fingerprint density at radius 1 is 1.16 bits per heavy atom. The monoisotopic (exact) mass is 433 g/mol. The first-order chi connectivity index (χ1) is 14.8. The molecule has 3 aromatic rings. The molecular formula is C22H18F3NO5. The number of fused-ring (bicyclic) bond motifs is 1. The molecule has 0 saturated carbocycles. The largest absolute Gasteiger partial charge is 0.507 e. The highest BCUT2D eigenvalue weighted by molar-refractivity contribution is 6.39. The molecule has 3 rings (SSSR count). The number of aromatic nitrogens is 1. The number of carbonyl (C=O) groups is 2. The van der Waals surface area contributed by atoms with Gasteiger partial charge in [-0.2, -0.15) is 0 Å². The van der Waals surface area contributed by atoms with Crippen LogP contribution in [0, 0.1) is 17.5 Å². The van der Waals surface area contributed by atoms with Crippen molar-refractivity contribution in [2.24, 2.45) is 0 Å². The maximum absolute atomic E-state index is 13.6. The summed E-state index contributed by atoms with van der Waals surface area (Å²) in [5, 5.41) is 10.9. The van der Waals surface area contributed by atoms with Crippen LogP contribution in [0.1, 0.15) is 18.1 Å². The fraction of sp³-hybridized carbons (Fsp3) is 0.182. The van der Waals surface area contributed by atoms with Gasteiger partial charge in [0, 0.05) is 24.4 Å². The molecule has 0 bridgehead atoms. The summed E-state index contributed by atoms with van der Waals surface area (Å²) in [6, 6.07) is 6.68. The second-order valence-corrected chi connectivity index (χ2v) is 6.51. The second kappa shape index (κ2) is 8.95. The number of halogens is 3. The zero-order valence-corrected chi connectivity index (χ0v) is 16.6. The van der Waals surface area contributed by atoms with Crippen molar-refractivity contribution in [2.75, 3.05) is 13.7 Å². The zero-order chi connectivity index (χ0) is 22.7. The molecule has 0 amide bonds. The maximum Gasteiger partial charge on any atom is 0.379 e. The highest BCUT2D eigenvalue weighted by Gasteiger charge is 2.20. The Bertz CT molecular complexity index is 1180. The molecule has 162 valence electrons. The molecule has 31 heavy (non-hydrogen) atoms. The third kappa shape index (κ3) is 4.40. The Morgan fingerprint density at radius 2 is 1.84 bits per heavy atom. The second-order valence-electron chi connectivity index (χ2n) is 6.51. The van der Waals surface area contributed by atoms with Crippen LogP contribution in [0.5, 0.6) is 5.75 Å². The van der Waals surface area contributed by atoms with Gasteiger partial charge < -0.3 is 19.1 Å². The van der Waals surface area contributed by atoms with Gasteiger partial charge in [0.1, 0.15) is 11.5 Å². The quantitative estimate of drug-likeness (QED) is 0.199. The van der Waals surface area contributed by atoms with Gasteiger partial charge in [-0.15, -0.1) is 0 Å². The van der Waals surface area contributed by atoms with Crippen LogP contribution >= 0.6 is 0 Å². The first kappa shape index (κ1) is 21.9. The molecule has 1 N–H and O–H groups in total. The lowest BCUT2D eigenvalue weighted by molar-refractivity contribution is -0.151. The van der Waals surface area contributed by atoms with E-state index in [1.165, 1.54) is 24.8 Å². The lowest BCUT2D eigenvalue weighted by Gasteiger charge is -2.08. The molecule has 2 aromatic carbocycles. The van der Waals surface area contributed by atoms with Gasteiger partial charge in [-0.05, 0) is 36.8 Å². The number of rotatable bonds is 7. The van der Waals surface area contributed by atoms with Gasteiger partial charge in [0.05, 0.1) is 24.6 Å². The smallest absolute Gasteiger partial charge is 0.379 e. The van der Waals surface area contributed by atoms with Crippen molar-refractivity contribution in [2.45, 2.75) is 13.5 Å². The van der Waals surface area contributed by atoms with Gasteiger partial charge in [0.25, 0.3) is 5.78 Å². The van der Waals surface area contributed by atoms with Crippen molar-refractivity contribution in [3.63, 3.8) is 0 Å². The van der Waals surface area contributed by atoms with E-state index in [4.69, 9.17) is 4.74 Å². The number of ether oxygens (including phenoxy) is 2. The number of benzene rings is 2. The Kier molecular flexibility index (Phi) is 6.33. The van der Waals surface area contributed by atoms with Crippen LogP contribution in [0.3, 0.4) is 0 Å². The van der Waals surface area contributed by atoms with Crippen molar-refractivity contribution < 1.29 is 37.3 Å². The minimum absolute atomic E-state index is 0.00288. The van der Waals surface area contributed by atoms with E-state index in [0.717, 1.165) is 18.2 Å². The van der Waals surface area contributed by atoms with E-state index < -0.39 is 35.0 Å². The molecule has 0 radical (unpaired) electrons. The summed E-state index contributed by atoms with van der Waals surface area (Å²) in [4.78, 5) is 23.5.